The Morgan fingerprint density at radius 3 is 0.882 bits per heavy atom. The quantitative estimate of drug-likeness (QED) is 0.335. The van der Waals surface area contributed by atoms with Crippen molar-refractivity contribution in [3.63, 3.8) is 0 Å². The Balaban J connectivity index is -0.000000218. The molecule has 2 nitrogen and oxygen atoms in total. The van der Waals surface area contributed by atoms with Crippen LogP contribution in [0.25, 0.3) is 0 Å². The third-order valence-electron chi connectivity index (χ3n) is 2.04. The molecule has 0 fully saturated rings. The van der Waals surface area contributed by atoms with E-state index < -0.39 is 0 Å². The fraction of sp³-hybridized carbons (Fsp3) is 0.800. The molecule has 0 N–H and O–H groups in total. The third kappa shape index (κ3) is 14.6. The molecule has 0 aromatic carbocycles. The Kier molecular flexibility index (Phi) is 23.5. The first-order valence-corrected chi connectivity index (χ1v) is 8.78. The minimum atomic E-state index is 0. The Hall–Kier alpha value is 2.34. The van der Waals surface area contributed by atoms with E-state index in [1.807, 2.05) is 0 Å². The maximum Gasteiger partial charge on any atom is 0 e. The van der Waals surface area contributed by atoms with Crippen LogP contribution in [0.4, 0.5) is 0 Å². The molecular weight excluding hydrogens is 671 g/mol. The van der Waals surface area contributed by atoms with Gasteiger partial charge in [0.1, 0.15) is 0 Å². The summed E-state index contributed by atoms with van der Waals surface area (Å²) < 4.78 is 2.32. The largest absolute Gasteiger partial charge is 0 e. The van der Waals surface area contributed by atoms with Crippen molar-refractivity contribution in [3.8, 4) is 0 Å². The maximum atomic E-state index is 2.93. The van der Waals surface area contributed by atoms with Gasteiger partial charge in [-0.1, -0.05) is 0 Å². The molecule has 0 aromatic rings. The molecule has 0 bridgehead atoms. The zero-order valence-electron chi connectivity index (χ0n) is 10.9. The van der Waals surface area contributed by atoms with Crippen molar-refractivity contribution in [1.29, 1.82) is 0 Å². The average Bonchev–Trinajstić information content (AvgIpc) is 2.21. The number of rotatable bonds is 6. The van der Waals surface area contributed by atoms with E-state index >= 15 is 0 Å². The molecule has 0 atom stereocenters. The van der Waals surface area contributed by atoms with Gasteiger partial charge in [0.25, 0.3) is 0 Å². The summed E-state index contributed by atoms with van der Waals surface area (Å²) in [6.45, 7) is 12.8. The van der Waals surface area contributed by atoms with Crippen LogP contribution >= 0.6 is 0 Å². The number of hydrogen-bond acceptors (Lipinski definition) is 2. The van der Waals surface area contributed by atoms with Crippen molar-refractivity contribution in [2.45, 2.75) is 27.7 Å². The van der Waals surface area contributed by atoms with Crippen LogP contribution in [0.5, 0.6) is 0 Å². The van der Waals surface area contributed by atoms with Gasteiger partial charge in [0.05, 0.1) is 0 Å². The van der Waals surface area contributed by atoms with Gasteiger partial charge in [-0.05, 0) is 0 Å². The van der Waals surface area contributed by atoms with Crippen molar-refractivity contribution < 1.29 is 0 Å². The van der Waals surface area contributed by atoms with Crippen molar-refractivity contribution in [2.75, 3.05) is 26.2 Å². The van der Waals surface area contributed by atoms with Crippen LogP contribution in [0.1, 0.15) is 27.7 Å². The van der Waals surface area contributed by atoms with E-state index in [9.17, 15) is 0 Å². The van der Waals surface area contributed by atoms with Crippen molar-refractivity contribution in [1.82, 2.24) is 9.80 Å². The monoisotopic (exact) mass is 696 g/mol. The van der Waals surface area contributed by atoms with E-state index in [0.717, 1.165) is 33.1 Å². The van der Waals surface area contributed by atoms with Crippen LogP contribution in [0, 0.1) is 0 Å². The molecule has 0 unspecified atom stereocenters. The van der Waals surface area contributed by atoms with Crippen molar-refractivity contribution >= 4 is 97.4 Å². The van der Waals surface area contributed by atoms with Gasteiger partial charge in [-0.25, -0.2) is 0 Å². The zero-order valence-corrected chi connectivity index (χ0v) is 21.6. The predicted octanol–water partition coefficient (Wildman–Crippen LogP) is -0.876. The average molecular weight is 691 g/mol. The van der Waals surface area contributed by atoms with Crippen LogP contribution in [-0.2, 0) is 0 Å². The van der Waals surface area contributed by atoms with Gasteiger partial charge in [-0.15, -0.1) is 0 Å². The molecule has 0 aliphatic heterocycles. The molecule has 17 heavy (non-hydrogen) atoms. The molecule has 98 valence electrons. The topological polar surface area (TPSA) is 6.48 Å². The molecule has 0 heterocycles. The summed E-state index contributed by atoms with van der Waals surface area (Å²) >= 11 is 11.7. The zero-order chi connectivity index (χ0) is 13.1. The second-order valence-electron chi connectivity index (χ2n) is 2.88. The first-order valence-electron chi connectivity index (χ1n) is 5.36. The Labute approximate surface area is 159 Å². The minimum Gasteiger partial charge on any atom is 0 e. The van der Waals surface area contributed by atoms with E-state index in [-0.39, 0.29) is 27.3 Å². The third-order valence-corrected chi connectivity index (χ3v) is 4.21. The van der Waals surface area contributed by atoms with E-state index in [1.54, 1.807) is 0 Å². The second kappa shape index (κ2) is 16.4. The van der Waals surface area contributed by atoms with Gasteiger partial charge in [0, 0.05) is 27.3 Å². The summed E-state index contributed by atoms with van der Waals surface area (Å²) in [5, 5.41) is 0. The second-order valence-corrected chi connectivity index (χ2v) is 8.74. The molecule has 0 amide bonds. The van der Waals surface area contributed by atoms with E-state index in [1.165, 1.54) is 0 Å². The first-order chi connectivity index (χ1) is 7.44. The summed E-state index contributed by atoms with van der Waals surface area (Å²) in [4.78, 5) is 4.44. The molecule has 0 aliphatic rings. The van der Waals surface area contributed by atoms with Gasteiger partial charge >= 0.3 is 134 Å². The van der Waals surface area contributed by atoms with Gasteiger partial charge in [0.2, 0.25) is 0 Å². The van der Waals surface area contributed by atoms with Crippen molar-refractivity contribution in [3.05, 3.63) is 0 Å². The van der Waals surface area contributed by atoms with Crippen LogP contribution in [-0.4, -0.2) is 133 Å². The Morgan fingerprint density at radius 1 is 0.706 bits per heavy atom. The fourth-order valence-electron chi connectivity index (χ4n) is 0.964. The summed E-state index contributed by atoms with van der Waals surface area (Å²) in [5.74, 6) is 0. The maximum absolute atomic E-state index is 2.93. The standard InChI is InChI=1S/2C5H10NSe2.Pb/c2*1-3-6(4-2)5(7)8;/h2*3-4H2,1-2H3;. The molecule has 0 aliphatic carbocycles. The van der Waals surface area contributed by atoms with Gasteiger partial charge in [0.15, 0.2) is 0 Å². The van der Waals surface area contributed by atoms with Gasteiger partial charge in [-0.3, -0.25) is 0 Å². The smallest absolute Gasteiger partial charge is 0 e. The summed E-state index contributed by atoms with van der Waals surface area (Å²) in [6, 6.07) is 0. The first kappa shape index (κ1) is 24.4. The molecular formula is C10H20N2PbSe4. The van der Waals surface area contributed by atoms with Gasteiger partial charge in [-0.2, -0.15) is 0 Å². The van der Waals surface area contributed by atoms with Crippen molar-refractivity contribution in [2.24, 2.45) is 0 Å². The van der Waals surface area contributed by atoms with Gasteiger partial charge < -0.3 is 0 Å². The molecule has 6 radical (unpaired) electrons. The van der Waals surface area contributed by atoms with E-state index in [0.29, 0.717) is 0 Å². The SMILES string of the molecule is CCN(CC)C([Se])=[Se].CCN(CC)C([Se])=[Se].[Pb]. The fourth-order valence-corrected chi connectivity index (χ4v) is 3.13. The van der Waals surface area contributed by atoms with Crippen LogP contribution in [0.15, 0.2) is 0 Å². The predicted molar refractivity (Wildman–Crippen MR) is 84.6 cm³/mol. The summed E-state index contributed by atoms with van der Waals surface area (Å²) in [6.07, 6.45) is 0. The molecule has 0 aromatic heterocycles. The minimum absolute atomic E-state index is 0. The van der Waals surface area contributed by atoms with E-state index in [2.05, 4.69) is 101 Å². The normalized spacial score (nSPS) is 8.24. The molecule has 0 rings (SSSR count). The van der Waals surface area contributed by atoms with Crippen LogP contribution in [0.3, 0.4) is 0 Å². The molecule has 0 spiro atoms. The number of nitrogens with zero attached hydrogens (tertiary/aromatic N) is 2. The van der Waals surface area contributed by atoms with Crippen LogP contribution < -0.4 is 0 Å². The number of hydrogen-bond donors (Lipinski definition) is 0. The summed E-state index contributed by atoms with van der Waals surface area (Å²) in [5.41, 5.74) is 0. The molecule has 7 heteroatoms. The Bertz CT molecular complexity index is 184. The Morgan fingerprint density at radius 2 is 0.882 bits per heavy atom. The summed E-state index contributed by atoms with van der Waals surface area (Å²) in [7, 11) is 0. The van der Waals surface area contributed by atoms with E-state index in [4.69, 9.17) is 0 Å². The van der Waals surface area contributed by atoms with Crippen LogP contribution in [0.2, 0.25) is 0 Å². The molecule has 0 saturated heterocycles. The molecule has 0 saturated carbocycles.